The Labute approximate surface area is 177 Å². The van der Waals surface area contributed by atoms with Gasteiger partial charge in [-0.25, -0.2) is 8.42 Å². The summed E-state index contributed by atoms with van der Waals surface area (Å²) in [6.07, 6.45) is 0. The van der Waals surface area contributed by atoms with Crippen molar-refractivity contribution in [3.63, 3.8) is 0 Å². The summed E-state index contributed by atoms with van der Waals surface area (Å²) in [5.74, 6) is 7.17. The molecule has 3 rings (SSSR count). The van der Waals surface area contributed by atoms with Crippen LogP contribution in [0.15, 0.2) is 77.7 Å². The normalized spacial score (nSPS) is 11.8. The van der Waals surface area contributed by atoms with Crippen LogP contribution in [-0.4, -0.2) is 22.6 Å². The molecule has 3 aromatic carbocycles. The molecule has 0 saturated heterocycles. The van der Waals surface area contributed by atoms with Crippen molar-refractivity contribution in [2.45, 2.75) is 17.9 Å². The first kappa shape index (κ1) is 21.4. The van der Waals surface area contributed by atoms with Gasteiger partial charge in [-0.05, 0) is 49.4 Å². The van der Waals surface area contributed by atoms with Crippen LogP contribution in [0.1, 0.15) is 22.7 Å². The Kier molecular flexibility index (Phi) is 6.78. The molecule has 1 N–H and O–H groups in total. The zero-order valence-corrected chi connectivity index (χ0v) is 17.9. The van der Waals surface area contributed by atoms with Gasteiger partial charge in [0.15, 0.2) is 0 Å². The van der Waals surface area contributed by atoms with Crippen molar-refractivity contribution in [1.82, 2.24) is 4.72 Å². The Hall–Kier alpha value is -3.27. The summed E-state index contributed by atoms with van der Waals surface area (Å²) >= 11 is 0. The molecule has 6 heteroatoms. The fourth-order valence-electron chi connectivity index (χ4n) is 2.85. The molecule has 0 saturated carbocycles. The van der Waals surface area contributed by atoms with E-state index in [0.29, 0.717) is 17.1 Å². The van der Waals surface area contributed by atoms with Gasteiger partial charge in [0.1, 0.15) is 17.5 Å². The Bertz CT molecular complexity index is 1160. The maximum atomic E-state index is 13.0. The van der Waals surface area contributed by atoms with Crippen LogP contribution in [0, 0.1) is 18.8 Å². The number of sulfonamides is 1. The minimum absolute atomic E-state index is 0.168. The third kappa shape index (κ3) is 5.20. The van der Waals surface area contributed by atoms with E-state index in [9.17, 15) is 8.42 Å². The van der Waals surface area contributed by atoms with Crippen molar-refractivity contribution >= 4 is 10.0 Å². The Morgan fingerprint density at radius 3 is 2.23 bits per heavy atom. The van der Waals surface area contributed by atoms with Crippen molar-refractivity contribution in [2.75, 3.05) is 14.2 Å². The molecule has 0 amide bonds. The van der Waals surface area contributed by atoms with Gasteiger partial charge in [0.2, 0.25) is 10.0 Å². The molecule has 0 spiro atoms. The summed E-state index contributed by atoms with van der Waals surface area (Å²) in [4.78, 5) is 0.168. The van der Waals surface area contributed by atoms with Gasteiger partial charge in [-0.1, -0.05) is 47.7 Å². The molecule has 0 fully saturated rings. The third-order valence-electron chi connectivity index (χ3n) is 4.49. The van der Waals surface area contributed by atoms with Crippen molar-refractivity contribution in [3.05, 3.63) is 89.5 Å². The van der Waals surface area contributed by atoms with Gasteiger partial charge in [0, 0.05) is 11.1 Å². The number of hydrogen-bond donors (Lipinski definition) is 1. The third-order valence-corrected chi connectivity index (χ3v) is 5.93. The number of nitrogens with one attached hydrogen (secondary N) is 1. The molecule has 3 aromatic rings. The number of methoxy groups -OCH3 is 2. The van der Waals surface area contributed by atoms with Gasteiger partial charge in [-0.15, -0.1) is 0 Å². The lowest BCUT2D eigenvalue weighted by molar-refractivity contribution is 0.397. The first-order valence-corrected chi connectivity index (χ1v) is 10.8. The SMILES string of the molecule is COc1ccc(OC)c(C(C#Cc2ccccc2)NS(=O)(=O)c2ccc(C)cc2)c1. The molecular formula is C24H23NO4S. The number of hydrogen-bond acceptors (Lipinski definition) is 4. The van der Waals surface area contributed by atoms with Gasteiger partial charge in [0.05, 0.1) is 19.1 Å². The lowest BCUT2D eigenvalue weighted by Gasteiger charge is -2.18. The van der Waals surface area contributed by atoms with Gasteiger partial charge in [0.25, 0.3) is 0 Å². The van der Waals surface area contributed by atoms with Crippen molar-refractivity contribution in [2.24, 2.45) is 0 Å². The van der Waals surface area contributed by atoms with E-state index in [2.05, 4.69) is 16.6 Å². The molecule has 0 bridgehead atoms. The molecule has 154 valence electrons. The molecule has 0 aliphatic heterocycles. The molecular weight excluding hydrogens is 398 g/mol. The van der Waals surface area contributed by atoms with Gasteiger partial charge < -0.3 is 9.47 Å². The first-order valence-electron chi connectivity index (χ1n) is 9.30. The molecule has 0 heterocycles. The van der Waals surface area contributed by atoms with Gasteiger partial charge in [-0.2, -0.15) is 4.72 Å². The number of benzene rings is 3. The van der Waals surface area contributed by atoms with E-state index in [0.717, 1.165) is 11.1 Å². The smallest absolute Gasteiger partial charge is 0.241 e. The van der Waals surface area contributed by atoms with Gasteiger partial charge >= 0.3 is 0 Å². The zero-order chi connectivity index (χ0) is 21.6. The van der Waals surface area contributed by atoms with E-state index in [4.69, 9.17) is 9.47 Å². The second-order valence-electron chi connectivity index (χ2n) is 6.61. The minimum atomic E-state index is -3.82. The lowest BCUT2D eigenvalue weighted by atomic mass is 10.1. The average molecular weight is 422 g/mol. The molecule has 0 aromatic heterocycles. The van der Waals surface area contributed by atoms with E-state index >= 15 is 0 Å². The Morgan fingerprint density at radius 2 is 1.60 bits per heavy atom. The molecule has 5 nitrogen and oxygen atoms in total. The monoisotopic (exact) mass is 421 g/mol. The van der Waals surface area contributed by atoms with Crippen LogP contribution in [0.3, 0.4) is 0 Å². The molecule has 1 unspecified atom stereocenters. The largest absolute Gasteiger partial charge is 0.497 e. The Balaban J connectivity index is 2.06. The summed E-state index contributed by atoms with van der Waals surface area (Å²) < 4.78 is 39.6. The van der Waals surface area contributed by atoms with Crippen LogP contribution in [0.25, 0.3) is 0 Å². The highest BCUT2D eigenvalue weighted by molar-refractivity contribution is 7.89. The molecule has 0 aliphatic carbocycles. The minimum Gasteiger partial charge on any atom is -0.497 e. The highest BCUT2D eigenvalue weighted by atomic mass is 32.2. The van der Waals surface area contributed by atoms with Crippen LogP contribution in [-0.2, 0) is 10.0 Å². The van der Waals surface area contributed by atoms with Crippen LogP contribution in [0.5, 0.6) is 11.5 Å². The summed E-state index contributed by atoms with van der Waals surface area (Å²) in [5.41, 5.74) is 2.32. The van der Waals surface area contributed by atoms with Crippen LogP contribution in [0.4, 0.5) is 0 Å². The summed E-state index contributed by atoms with van der Waals surface area (Å²) in [7, 11) is -0.745. The zero-order valence-electron chi connectivity index (χ0n) is 17.0. The van der Waals surface area contributed by atoms with Crippen molar-refractivity contribution < 1.29 is 17.9 Å². The number of aryl methyl sites for hydroxylation is 1. The second-order valence-corrected chi connectivity index (χ2v) is 8.32. The lowest BCUT2D eigenvalue weighted by Crippen LogP contribution is -2.28. The highest BCUT2D eigenvalue weighted by Gasteiger charge is 2.23. The van der Waals surface area contributed by atoms with E-state index in [1.54, 1.807) is 49.6 Å². The highest BCUT2D eigenvalue weighted by Crippen LogP contribution is 2.30. The van der Waals surface area contributed by atoms with Crippen molar-refractivity contribution in [3.8, 4) is 23.3 Å². The topological polar surface area (TPSA) is 64.6 Å². The summed E-state index contributed by atoms with van der Waals surface area (Å²) in [6.45, 7) is 1.90. The molecule has 0 aliphatic rings. The first-order chi connectivity index (χ1) is 14.4. The van der Waals surface area contributed by atoms with Crippen molar-refractivity contribution in [1.29, 1.82) is 0 Å². The predicted octanol–water partition coefficient (Wildman–Crippen LogP) is 4.08. The molecule has 30 heavy (non-hydrogen) atoms. The fraction of sp³-hybridized carbons (Fsp3) is 0.167. The van der Waals surface area contributed by atoms with E-state index in [1.807, 2.05) is 37.3 Å². The van der Waals surface area contributed by atoms with E-state index in [-0.39, 0.29) is 4.90 Å². The van der Waals surface area contributed by atoms with Crippen LogP contribution in [0.2, 0.25) is 0 Å². The van der Waals surface area contributed by atoms with Crippen LogP contribution >= 0.6 is 0 Å². The maximum absolute atomic E-state index is 13.0. The number of ether oxygens (including phenoxy) is 2. The maximum Gasteiger partial charge on any atom is 0.241 e. The second kappa shape index (κ2) is 9.49. The van der Waals surface area contributed by atoms with Gasteiger partial charge in [-0.3, -0.25) is 0 Å². The fourth-order valence-corrected chi connectivity index (χ4v) is 3.98. The average Bonchev–Trinajstić information content (AvgIpc) is 2.77. The molecule has 1 atom stereocenters. The quantitative estimate of drug-likeness (QED) is 0.609. The van der Waals surface area contributed by atoms with E-state index < -0.39 is 16.1 Å². The Morgan fingerprint density at radius 1 is 0.900 bits per heavy atom. The number of rotatable bonds is 6. The molecule has 0 radical (unpaired) electrons. The summed E-state index contributed by atoms with van der Waals surface area (Å²) in [5, 5.41) is 0. The summed E-state index contributed by atoms with van der Waals surface area (Å²) in [6, 6.07) is 20.4. The van der Waals surface area contributed by atoms with E-state index in [1.165, 1.54) is 7.11 Å². The van der Waals surface area contributed by atoms with Crippen LogP contribution < -0.4 is 14.2 Å². The standard InChI is InChI=1S/C24H23NO4S/c1-18-9-13-21(14-10-18)30(26,27)25-23(15-11-19-7-5-4-6-8-19)22-17-20(28-2)12-16-24(22)29-3/h4-10,12-14,16-17,23,25H,1-3H3. The predicted molar refractivity (Wildman–Crippen MR) is 117 cm³/mol.